The van der Waals surface area contributed by atoms with Crippen LogP contribution in [0.25, 0.3) is 11.0 Å². The first kappa shape index (κ1) is 19.8. The molecule has 3 aromatic heterocycles. The first-order valence-electron chi connectivity index (χ1n) is 9.73. The van der Waals surface area contributed by atoms with Crippen LogP contribution in [0.2, 0.25) is 0 Å². The highest BCUT2D eigenvalue weighted by Gasteiger charge is 2.23. The van der Waals surface area contributed by atoms with Gasteiger partial charge in [-0.15, -0.1) is 0 Å². The summed E-state index contributed by atoms with van der Waals surface area (Å²) >= 11 is 0. The van der Waals surface area contributed by atoms with E-state index in [9.17, 15) is 9.18 Å². The van der Waals surface area contributed by atoms with Gasteiger partial charge in [0, 0.05) is 30.9 Å². The van der Waals surface area contributed by atoms with Crippen LogP contribution < -0.4 is 5.32 Å². The van der Waals surface area contributed by atoms with Crippen molar-refractivity contribution in [1.82, 2.24) is 29.6 Å². The molecule has 0 fully saturated rings. The molecule has 1 unspecified atom stereocenters. The minimum atomic E-state index is -0.536. The van der Waals surface area contributed by atoms with Gasteiger partial charge in [0.05, 0.1) is 17.5 Å². The Balaban J connectivity index is 1.71. The number of imidazole rings is 1. The number of amides is 1. The SMILES string of the molecule is Cc1nc2c(cnn2C(C)C)cc1C(=O)NC(c1ccc(F)cc1)c1nccn1C. The predicted molar refractivity (Wildman–Crippen MR) is 112 cm³/mol. The minimum Gasteiger partial charge on any atom is -0.338 e. The van der Waals surface area contributed by atoms with Crippen molar-refractivity contribution in [3.8, 4) is 0 Å². The smallest absolute Gasteiger partial charge is 0.254 e. The maximum Gasteiger partial charge on any atom is 0.254 e. The number of hydrogen-bond acceptors (Lipinski definition) is 4. The Kier molecular flexibility index (Phi) is 5.07. The van der Waals surface area contributed by atoms with Gasteiger partial charge in [-0.1, -0.05) is 12.1 Å². The van der Waals surface area contributed by atoms with E-state index in [1.807, 2.05) is 30.1 Å². The molecule has 0 bridgehead atoms. The summed E-state index contributed by atoms with van der Waals surface area (Å²) < 4.78 is 17.1. The molecule has 0 saturated heterocycles. The van der Waals surface area contributed by atoms with Crippen molar-refractivity contribution in [2.75, 3.05) is 0 Å². The van der Waals surface area contributed by atoms with Crippen molar-refractivity contribution in [2.45, 2.75) is 32.9 Å². The summed E-state index contributed by atoms with van der Waals surface area (Å²) in [6.07, 6.45) is 5.18. The zero-order chi connectivity index (χ0) is 21.4. The highest BCUT2D eigenvalue weighted by atomic mass is 19.1. The lowest BCUT2D eigenvalue weighted by Gasteiger charge is -2.20. The van der Waals surface area contributed by atoms with Crippen molar-refractivity contribution in [3.63, 3.8) is 0 Å². The van der Waals surface area contributed by atoms with E-state index in [0.717, 1.165) is 16.6 Å². The van der Waals surface area contributed by atoms with Gasteiger partial charge in [0.25, 0.3) is 5.91 Å². The van der Waals surface area contributed by atoms with Gasteiger partial charge < -0.3 is 9.88 Å². The predicted octanol–water partition coefficient (Wildman–Crippen LogP) is 3.71. The van der Waals surface area contributed by atoms with Gasteiger partial charge in [-0.25, -0.2) is 19.0 Å². The third-order valence-electron chi connectivity index (χ3n) is 5.09. The number of carbonyl (C=O) groups is 1. The number of hydrogen-bond donors (Lipinski definition) is 1. The average Bonchev–Trinajstić information content (AvgIpc) is 3.32. The van der Waals surface area contributed by atoms with Crippen LogP contribution >= 0.6 is 0 Å². The van der Waals surface area contributed by atoms with Crippen molar-refractivity contribution in [3.05, 3.63) is 77.4 Å². The fraction of sp³-hybridized carbons (Fsp3) is 0.273. The molecule has 0 radical (unpaired) electrons. The fourth-order valence-electron chi connectivity index (χ4n) is 3.49. The number of rotatable bonds is 5. The third-order valence-corrected chi connectivity index (χ3v) is 5.09. The van der Waals surface area contributed by atoms with Crippen LogP contribution in [0.5, 0.6) is 0 Å². The molecular weight excluding hydrogens is 383 g/mol. The van der Waals surface area contributed by atoms with Gasteiger partial charge in [-0.05, 0) is 44.5 Å². The van der Waals surface area contributed by atoms with Crippen molar-refractivity contribution in [1.29, 1.82) is 0 Å². The maximum atomic E-state index is 13.4. The molecule has 7 nitrogen and oxygen atoms in total. The Labute approximate surface area is 173 Å². The highest BCUT2D eigenvalue weighted by molar-refractivity contribution is 5.98. The molecule has 0 aliphatic rings. The molecule has 3 heterocycles. The highest BCUT2D eigenvalue weighted by Crippen LogP contribution is 2.23. The minimum absolute atomic E-state index is 0.167. The lowest BCUT2D eigenvalue weighted by Crippen LogP contribution is -2.31. The van der Waals surface area contributed by atoms with Crippen molar-refractivity contribution in [2.24, 2.45) is 7.05 Å². The van der Waals surface area contributed by atoms with Gasteiger partial charge in [0.15, 0.2) is 5.65 Å². The lowest BCUT2D eigenvalue weighted by atomic mass is 10.0. The van der Waals surface area contributed by atoms with E-state index >= 15 is 0 Å². The number of benzene rings is 1. The van der Waals surface area contributed by atoms with Gasteiger partial charge in [0.2, 0.25) is 0 Å². The molecule has 1 amide bonds. The summed E-state index contributed by atoms with van der Waals surface area (Å²) in [5, 5.41) is 8.22. The monoisotopic (exact) mass is 406 g/mol. The standard InChI is InChI=1S/C22H23FN6O/c1-13(2)29-20-16(12-25-29)11-18(14(3)26-20)22(30)27-19(21-24-9-10-28(21)4)15-5-7-17(23)8-6-15/h5-13,19H,1-4H3,(H,27,30). The number of pyridine rings is 1. The largest absolute Gasteiger partial charge is 0.338 e. The number of halogens is 1. The summed E-state index contributed by atoms with van der Waals surface area (Å²) in [6.45, 7) is 5.87. The Morgan fingerprint density at radius 3 is 2.57 bits per heavy atom. The lowest BCUT2D eigenvalue weighted by molar-refractivity contribution is 0.0940. The molecule has 0 saturated carbocycles. The maximum absolute atomic E-state index is 13.4. The van der Waals surface area contributed by atoms with Gasteiger partial charge in [0.1, 0.15) is 17.7 Å². The molecule has 30 heavy (non-hydrogen) atoms. The number of nitrogens with zero attached hydrogens (tertiary/aromatic N) is 5. The average molecular weight is 406 g/mol. The Morgan fingerprint density at radius 1 is 1.20 bits per heavy atom. The van der Waals surface area contributed by atoms with E-state index in [4.69, 9.17) is 0 Å². The first-order chi connectivity index (χ1) is 14.3. The van der Waals surface area contributed by atoms with E-state index in [0.29, 0.717) is 17.1 Å². The number of aryl methyl sites for hydroxylation is 2. The van der Waals surface area contributed by atoms with E-state index in [1.54, 1.807) is 43.7 Å². The Hall–Kier alpha value is -3.55. The quantitative estimate of drug-likeness (QED) is 0.548. The summed E-state index contributed by atoms with van der Waals surface area (Å²) in [4.78, 5) is 22.2. The van der Waals surface area contributed by atoms with Gasteiger partial charge >= 0.3 is 0 Å². The van der Waals surface area contributed by atoms with Crippen LogP contribution in [0, 0.1) is 12.7 Å². The third kappa shape index (κ3) is 3.56. The second-order valence-corrected chi connectivity index (χ2v) is 7.57. The number of fused-ring (bicyclic) bond motifs is 1. The molecule has 0 spiro atoms. The van der Waals surface area contributed by atoms with E-state index in [-0.39, 0.29) is 17.8 Å². The molecule has 4 rings (SSSR count). The molecule has 0 aliphatic heterocycles. The van der Waals surface area contributed by atoms with E-state index in [2.05, 4.69) is 20.4 Å². The Bertz CT molecular complexity index is 1210. The van der Waals surface area contributed by atoms with Gasteiger partial charge in [-0.3, -0.25) is 4.79 Å². The van der Waals surface area contributed by atoms with Crippen LogP contribution in [0.1, 0.15) is 53.4 Å². The van der Waals surface area contributed by atoms with Crippen LogP contribution in [0.4, 0.5) is 4.39 Å². The summed E-state index contributed by atoms with van der Waals surface area (Å²) in [6, 6.07) is 7.48. The van der Waals surface area contributed by atoms with E-state index < -0.39 is 6.04 Å². The van der Waals surface area contributed by atoms with Crippen LogP contribution in [0.15, 0.2) is 48.9 Å². The van der Waals surface area contributed by atoms with Gasteiger partial charge in [-0.2, -0.15) is 5.10 Å². The number of nitrogens with one attached hydrogen (secondary N) is 1. The zero-order valence-electron chi connectivity index (χ0n) is 17.3. The summed E-state index contributed by atoms with van der Waals surface area (Å²) in [5.74, 6) is 0.0297. The topological polar surface area (TPSA) is 77.6 Å². The molecule has 8 heteroatoms. The molecule has 1 aromatic carbocycles. The molecular formula is C22H23FN6O. The second-order valence-electron chi connectivity index (χ2n) is 7.57. The Morgan fingerprint density at radius 2 is 1.93 bits per heavy atom. The molecule has 0 aliphatic carbocycles. The molecule has 4 aromatic rings. The molecule has 1 N–H and O–H groups in total. The second kappa shape index (κ2) is 7.70. The zero-order valence-corrected chi connectivity index (χ0v) is 17.3. The summed E-state index contributed by atoms with van der Waals surface area (Å²) in [5.41, 5.74) is 2.56. The fourth-order valence-corrected chi connectivity index (χ4v) is 3.49. The van der Waals surface area contributed by atoms with Crippen molar-refractivity contribution < 1.29 is 9.18 Å². The molecule has 1 atom stereocenters. The van der Waals surface area contributed by atoms with Crippen molar-refractivity contribution >= 4 is 16.9 Å². The van der Waals surface area contributed by atoms with Crippen LogP contribution in [-0.2, 0) is 7.05 Å². The molecule has 154 valence electrons. The summed E-state index contributed by atoms with van der Waals surface area (Å²) in [7, 11) is 1.85. The van der Waals surface area contributed by atoms with E-state index in [1.165, 1.54) is 12.1 Å². The normalized spacial score (nSPS) is 12.5. The van der Waals surface area contributed by atoms with Crippen LogP contribution in [-0.4, -0.2) is 30.2 Å². The number of carbonyl (C=O) groups excluding carboxylic acids is 1. The number of aromatic nitrogens is 5. The first-order valence-corrected chi connectivity index (χ1v) is 9.73. The van der Waals surface area contributed by atoms with Crippen LogP contribution in [0.3, 0.4) is 0 Å².